The largest absolute Gasteiger partial charge is 0.463 e. The Labute approximate surface area is 115 Å². The highest BCUT2D eigenvalue weighted by Crippen LogP contribution is 2.20. The molecule has 1 aromatic rings. The van der Waals surface area contributed by atoms with Gasteiger partial charge in [0.1, 0.15) is 11.5 Å². The number of nitrogens with one attached hydrogen (secondary N) is 1. The maximum atomic E-state index is 5.90. The van der Waals surface area contributed by atoms with Crippen LogP contribution in [0.1, 0.15) is 31.3 Å². The van der Waals surface area contributed by atoms with E-state index in [9.17, 15) is 0 Å². The molecule has 19 heavy (non-hydrogen) atoms. The van der Waals surface area contributed by atoms with Crippen LogP contribution in [0.15, 0.2) is 16.5 Å². The predicted molar refractivity (Wildman–Crippen MR) is 76.0 cm³/mol. The van der Waals surface area contributed by atoms with Crippen LogP contribution < -0.4 is 5.32 Å². The summed E-state index contributed by atoms with van der Waals surface area (Å²) in [5.41, 5.74) is 0. The summed E-state index contributed by atoms with van der Waals surface area (Å²) in [6, 6.07) is 5.00. The summed E-state index contributed by atoms with van der Waals surface area (Å²) in [4.78, 5) is 4.99. The van der Waals surface area contributed by atoms with Crippen LogP contribution in [0.5, 0.6) is 0 Å². The van der Waals surface area contributed by atoms with Crippen LogP contribution in [0, 0.1) is 0 Å². The van der Waals surface area contributed by atoms with Crippen LogP contribution in [0.4, 0.5) is 0 Å². The Morgan fingerprint density at radius 2 is 1.79 bits per heavy atom. The van der Waals surface area contributed by atoms with Gasteiger partial charge in [-0.15, -0.1) is 0 Å². The fourth-order valence-corrected chi connectivity index (χ4v) is 2.62. The van der Waals surface area contributed by atoms with Gasteiger partial charge in [0.05, 0.1) is 13.1 Å². The quantitative estimate of drug-likeness (QED) is 0.846. The molecule has 0 amide bonds. The zero-order chi connectivity index (χ0) is 13.1. The fourth-order valence-electron chi connectivity index (χ4n) is 2.62. The summed E-state index contributed by atoms with van der Waals surface area (Å²) in [5.74, 6) is 2.19. The van der Waals surface area contributed by atoms with Gasteiger partial charge in [-0.05, 0) is 31.5 Å². The lowest BCUT2D eigenvalue weighted by atomic mass is 10.3. The van der Waals surface area contributed by atoms with E-state index in [1.165, 1.54) is 32.5 Å². The van der Waals surface area contributed by atoms with Crippen molar-refractivity contribution in [2.75, 3.05) is 32.7 Å². The lowest BCUT2D eigenvalue weighted by molar-refractivity contribution is 0.125. The van der Waals surface area contributed by atoms with Crippen molar-refractivity contribution in [1.82, 2.24) is 15.1 Å². The molecule has 106 valence electrons. The maximum Gasteiger partial charge on any atom is 0.118 e. The molecule has 2 aliphatic rings. The number of hydrogen-bond acceptors (Lipinski definition) is 4. The molecule has 0 spiro atoms. The highest BCUT2D eigenvalue weighted by atomic mass is 16.3. The van der Waals surface area contributed by atoms with E-state index < -0.39 is 0 Å². The fraction of sp³-hybridized carbons (Fsp3) is 0.733. The average Bonchev–Trinajstić information content (AvgIpc) is 3.17. The van der Waals surface area contributed by atoms with Gasteiger partial charge in [-0.3, -0.25) is 4.90 Å². The molecule has 1 aromatic heterocycles. The number of furan rings is 1. The third-order valence-electron chi connectivity index (χ3n) is 4.15. The molecule has 0 aromatic carbocycles. The monoisotopic (exact) mass is 263 g/mol. The van der Waals surface area contributed by atoms with Crippen LogP contribution in [-0.2, 0) is 13.1 Å². The smallest absolute Gasteiger partial charge is 0.118 e. The molecular formula is C15H25N3O. The minimum Gasteiger partial charge on any atom is -0.463 e. The van der Waals surface area contributed by atoms with Crippen LogP contribution in [0.25, 0.3) is 0 Å². The SMILES string of the molecule is CCN1CCN(Cc2ccc(CNC3CC3)o2)CC1. The van der Waals surface area contributed by atoms with Crippen molar-refractivity contribution in [2.45, 2.75) is 38.9 Å². The molecule has 0 atom stereocenters. The lowest BCUT2D eigenvalue weighted by Gasteiger charge is -2.33. The highest BCUT2D eigenvalue weighted by molar-refractivity contribution is 5.07. The van der Waals surface area contributed by atoms with Gasteiger partial charge < -0.3 is 14.6 Å². The van der Waals surface area contributed by atoms with E-state index in [0.717, 1.165) is 43.7 Å². The van der Waals surface area contributed by atoms with Gasteiger partial charge in [0, 0.05) is 32.2 Å². The van der Waals surface area contributed by atoms with Gasteiger partial charge >= 0.3 is 0 Å². The highest BCUT2D eigenvalue weighted by Gasteiger charge is 2.21. The van der Waals surface area contributed by atoms with Crippen LogP contribution in [-0.4, -0.2) is 48.6 Å². The minimum absolute atomic E-state index is 0.746. The van der Waals surface area contributed by atoms with Gasteiger partial charge in [-0.1, -0.05) is 6.92 Å². The molecule has 1 saturated heterocycles. The Kier molecular flexibility index (Phi) is 4.21. The summed E-state index contributed by atoms with van der Waals surface area (Å²) in [6.07, 6.45) is 2.66. The molecule has 1 aliphatic carbocycles. The summed E-state index contributed by atoms with van der Waals surface area (Å²) in [6.45, 7) is 9.94. The standard InChI is InChI=1S/C15H25N3O/c1-2-17-7-9-18(10-8-17)12-15-6-5-14(19-15)11-16-13-3-4-13/h5-6,13,16H,2-4,7-12H2,1H3. The molecule has 1 aliphatic heterocycles. The third-order valence-corrected chi connectivity index (χ3v) is 4.15. The van der Waals surface area contributed by atoms with Crippen molar-refractivity contribution < 1.29 is 4.42 Å². The summed E-state index contributed by atoms with van der Waals surface area (Å²) >= 11 is 0. The minimum atomic E-state index is 0.746. The van der Waals surface area contributed by atoms with Gasteiger partial charge in [0.25, 0.3) is 0 Å². The Hall–Kier alpha value is -0.840. The second kappa shape index (κ2) is 6.07. The van der Waals surface area contributed by atoms with Crippen LogP contribution in [0.3, 0.4) is 0 Å². The van der Waals surface area contributed by atoms with Crippen molar-refractivity contribution in [3.63, 3.8) is 0 Å². The van der Waals surface area contributed by atoms with E-state index in [4.69, 9.17) is 4.42 Å². The first-order valence-electron chi connectivity index (χ1n) is 7.59. The Morgan fingerprint density at radius 3 is 2.47 bits per heavy atom. The first-order chi connectivity index (χ1) is 9.33. The van der Waals surface area contributed by atoms with Crippen molar-refractivity contribution in [1.29, 1.82) is 0 Å². The van der Waals surface area contributed by atoms with Crippen molar-refractivity contribution >= 4 is 0 Å². The van der Waals surface area contributed by atoms with Gasteiger partial charge in [-0.2, -0.15) is 0 Å². The molecule has 0 radical (unpaired) electrons. The van der Waals surface area contributed by atoms with E-state index in [0.29, 0.717) is 0 Å². The second-order valence-electron chi connectivity index (χ2n) is 5.73. The predicted octanol–water partition coefficient (Wildman–Crippen LogP) is 1.67. The number of piperazine rings is 1. The van der Waals surface area contributed by atoms with E-state index in [1.54, 1.807) is 0 Å². The van der Waals surface area contributed by atoms with Crippen molar-refractivity contribution in [3.05, 3.63) is 23.7 Å². The van der Waals surface area contributed by atoms with Gasteiger partial charge in [0.2, 0.25) is 0 Å². The molecule has 1 N–H and O–H groups in total. The lowest BCUT2D eigenvalue weighted by Crippen LogP contribution is -2.45. The summed E-state index contributed by atoms with van der Waals surface area (Å²) in [5, 5.41) is 3.49. The van der Waals surface area contributed by atoms with E-state index in [2.05, 4.69) is 34.2 Å². The Bertz CT molecular complexity index is 392. The maximum absolute atomic E-state index is 5.90. The third kappa shape index (κ3) is 3.81. The van der Waals surface area contributed by atoms with Crippen molar-refractivity contribution in [2.24, 2.45) is 0 Å². The molecule has 4 heteroatoms. The number of likely N-dealkylation sites (N-methyl/N-ethyl adjacent to an activating group) is 1. The molecule has 0 unspecified atom stereocenters. The van der Waals surface area contributed by atoms with Gasteiger partial charge in [0.15, 0.2) is 0 Å². The summed E-state index contributed by atoms with van der Waals surface area (Å²) < 4.78 is 5.90. The Morgan fingerprint density at radius 1 is 1.11 bits per heavy atom. The van der Waals surface area contributed by atoms with Gasteiger partial charge in [-0.25, -0.2) is 0 Å². The number of nitrogens with zero attached hydrogens (tertiary/aromatic N) is 2. The molecule has 2 heterocycles. The zero-order valence-corrected chi connectivity index (χ0v) is 11.9. The van der Waals surface area contributed by atoms with E-state index in [1.807, 2.05) is 0 Å². The summed E-state index contributed by atoms with van der Waals surface area (Å²) in [7, 11) is 0. The second-order valence-corrected chi connectivity index (χ2v) is 5.73. The van der Waals surface area contributed by atoms with Crippen LogP contribution in [0.2, 0.25) is 0 Å². The molecule has 2 fully saturated rings. The first-order valence-corrected chi connectivity index (χ1v) is 7.59. The van der Waals surface area contributed by atoms with Crippen LogP contribution >= 0.6 is 0 Å². The molecular weight excluding hydrogens is 238 g/mol. The normalized spacial score (nSPS) is 21.9. The average molecular weight is 263 g/mol. The Balaban J connectivity index is 1.44. The zero-order valence-electron chi connectivity index (χ0n) is 11.9. The molecule has 4 nitrogen and oxygen atoms in total. The molecule has 0 bridgehead atoms. The molecule has 1 saturated carbocycles. The van der Waals surface area contributed by atoms with Crippen molar-refractivity contribution in [3.8, 4) is 0 Å². The van der Waals surface area contributed by atoms with E-state index >= 15 is 0 Å². The van der Waals surface area contributed by atoms with E-state index in [-0.39, 0.29) is 0 Å². The molecule has 3 rings (SSSR count). The topological polar surface area (TPSA) is 31.6 Å². The first kappa shape index (κ1) is 13.2. The number of rotatable bonds is 6. The number of hydrogen-bond donors (Lipinski definition) is 1.